The van der Waals surface area contributed by atoms with Crippen molar-refractivity contribution in [2.24, 2.45) is 4.99 Å². The molecule has 3 rings (SSSR count). The molecule has 0 saturated heterocycles. The molecule has 0 aliphatic carbocycles. The summed E-state index contributed by atoms with van der Waals surface area (Å²) in [4.78, 5) is 4.72. The van der Waals surface area contributed by atoms with Gasteiger partial charge >= 0.3 is 0 Å². The maximum atomic E-state index is 5.18. The summed E-state index contributed by atoms with van der Waals surface area (Å²) < 4.78 is 8.46. The van der Waals surface area contributed by atoms with Crippen molar-refractivity contribution in [3.8, 4) is 11.4 Å². The Bertz CT molecular complexity index is 821. The van der Waals surface area contributed by atoms with Gasteiger partial charge in [-0.25, -0.2) is 4.99 Å². The lowest BCUT2D eigenvalue weighted by molar-refractivity contribution is 0.415. The zero-order valence-electron chi connectivity index (χ0n) is 12.1. The quantitative estimate of drug-likeness (QED) is 0.600. The van der Waals surface area contributed by atoms with Gasteiger partial charge in [-0.2, -0.15) is 0 Å². The van der Waals surface area contributed by atoms with Crippen LogP contribution in [0.1, 0.15) is 0 Å². The number of benzene rings is 2. The first-order valence-electron chi connectivity index (χ1n) is 6.89. The fraction of sp³-hybridized carbons (Fsp3) is 0.0556. The van der Waals surface area contributed by atoms with Gasteiger partial charge in [-0.3, -0.25) is 0 Å². The van der Waals surface area contributed by atoms with Gasteiger partial charge in [0.1, 0.15) is 11.2 Å². The first-order valence-corrected chi connectivity index (χ1v) is 7.96. The molecule has 0 unspecified atom stereocenters. The van der Waals surface area contributed by atoms with E-state index in [1.54, 1.807) is 7.11 Å². The number of nitrogens with zero attached hydrogens (tertiary/aromatic N) is 2. The van der Waals surface area contributed by atoms with Crippen molar-refractivity contribution in [3.63, 3.8) is 0 Å². The fourth-order valence-electron chi connectivity index (χ4n) is 2.13. The monoisotopic (exact) mass is 402 g/mol. The highest BCUT2D eigenvalue weighted by Gasteiger charge is 1.98. The second-order valence-corrected chi connectivity index (χ2v) is 5.96. The average Bonchev–Trinajstić information content (AvgIpc) is 2.57. The summed E-state index contributed by atoms with van der Waals surface area (Å²) in [5, 5.41) is 0. The molecule has 0 aliphatic rings. The Kier molecular flexibility index (Phi) is 4.58. The van der Waals surface area contributed by atoms with E-state index in [9.17, 15) is 0 Å². The van der Waals surface area contributed by atoms with E-state index in [1.165, 1.54) is 3.57 Å². The summed E-state index contributed by atoms with van der Waals surface area (Å²) >= 11 is 2.31. The maximum Gasteiger partial charge on any atom is 0.137 e. The van der Waals surface area contributed by atoms with E-state index in [0.717, 1.165) is 22.6 Å². The molecule has 1 heterocycles. The Balaban J connectivity index is 2.06. The Morgan fingerprint density at radius 1 is 0.909 bits per heavy atom. The molecule has 0 N–H and O–H groups in total. The number of rotatable bonds is 3. The number of ether oxygens (including phenoxy) is 1. The number of halogens is 1. The minimum atomic E-state index is 0.831. The third-order valence-corrected chi connectivity index (χ3v) is 3.98. The van der Waals surface area contributed by atoms with Crippen LogP contribution in [-0.2, 0) is 0 Å². The summed E-state index contributed by atoms with van der Waals surface area (Å²) in [5.41, 5.74) is 2.87. The van der Waals surface area contributed by atoms with Crippen molar-refractivity contribution < 1.29 is 4.74 Å². The van der Waals surface area contributed by atoms with E-state index in [4.69, 9.17) is 9.73 Å². The van der Waals surface area contributed by atoms with Crippen LogP contribution in [0.5, 0.6) is 5.75 Å². The molecule has 1 aromatic heterocycles. The van der Waals surface area contributed by atoms with Crippen molar-refractivity contribution >= 4 is 28.3 Å². The van der Waals surface area contributed by atoms with Gasteiger partial charge in [-0.15, -0.1) is 0 Å². The highest BCUT2D eigenvalue weighted by Crippen LogP contribution is 2.17. The van der Waals surface area contributed by atoms with Crippen molar-refractivity contribution in [3.05, 3.63) is 82.0 Å². The van der Waals surface area contributed by atoms with Crippen molar-refractivity contribution in [2.75, 3.05) is 7.11 Å². The van der Waals surface area contributed by atoms with Crippen molar-refractivity contribution in [2.45, 2.75) is 0 Å². The molecular formula is C18H15IN2O. The first kappa shape index (κ1) is 14.8. The van der Waals surface area contributed by atoms with Crippen LogP contribution in [0.15, 0.2) is 77.9 Å². The number of methoxy groups -OCH3 is 1. The Hall–Kier alpha value is -2.08. The lowest BCUT2D eigenvalue weighted by Gasteiger charge is -2.07. The van der Waals surface area contributed by atoms with Crippen LogP contribution >= 0.6 is 22.6 Å². The van der Waals surface area contributed by atoms with Crippen LogP contribution in [0.2, 0.25) is 0 Å². The van der Waals surface area contributed by atoms with Gasteiger partial charge in [0.05, 0.1) is 12.8 Å². The second-order valence-electron chi connectivity index (χ2n) is 4.72. The van der Waals surface area contributed by atoms with E-state index < -0.39 is 0 Å². The van der Waals surface area contributed by atoms with Crippen LogP contribution in [-0.4, -0.2) is 11.7 Å². The number of pyridine rings is 1. The number of hydrogen-bond donors (Lipinski definition) is 0. The predicted molar refractivity (Wildman–Crippen MR) is 96.7 cm³/mol. The van der Waals surface area contributed by atoms with Gasteiger partial charge in [-0.1, -0.05) is 6.07 Å². The molecular weight excluding hydrogens is 387 g/mol. The molecule has 0 spiro atoms. The van der Waals surface area contributed by atoms with E-state index in [2.05, 4.69) is 51.4 Å². The van der Waals surface area contributed by atoms with Gasteiger partial charge in [0, 0.05) is 15.5 Å². The molecule has 110 valence electrons. The van der Waals surface area contributed by atoms with Crippen LogP contribution in [0.25, 0.3) is 5.69 Å². The molecule has 3 nitrogen and oxygen atoms in total. The highest BCUT2D eigenvalue weighted by atomic mass is 127. The summed E-state index contributed by atoms with van der Waals surface area (Å²) in [5.74, 6) is 0.831. The topological polar surface area (TPSA) is 26.5 Å². The third kappa shape index (κ3) is 3.39. The fourth-order valence-corrected chi connectivity index (χ4v) is 2.49. The molecule has 0 aliphatic heterocycles. The van der Waals surface area contributed by atoms with Crippen LogP contribution in [0.4, 0.5) is 5.69 Å². The van der Waals surface area contributed by atoms with E-state index >= 15 is 0 Å². The molecule has 0 atom stereocenters. The third-order valence-electron chi connectivity index (χ3n) is 3.26. The maximum absolute atomic E-state index is 5.18. The van der Waals surface area contributed by atoms with Crippen molar-refractivity contribution in [1.82, 2.24) is 4.57 Å². The largest absolute Gasteiger partial charge is 0.497 e. The molecule has 0 saturated carbocycles. The molecule has 0 bridgehead atoms. The van der Waals surface area contributed by atoms with E-state index in [-0.39, 0.29) is 0 Å². The summed E-state index contributed by atoms with van der Waals surface area (Å²) in [6.45, 7) is 0. The second kappa shape index (κ2) is 6.79. The van der Waals surface area contributed by atoms with Gasteiger partial charge in [0.15, 0.2) is 0 Å². The van der Waals surface area contributed by atoms with Gasteiger partial charge in [0.25, 0.3) is 0 Å². The van der Waals surface area contributed by atoms with Gasteiger partial charge in [-0.05, 0) is 83.3 Å². The Morgan fingerprint density at radius 2 is 1.64 bits per heavy atom. The SMILES string of the molecule is COc1ccc(/N=c2\ccccn2-c2ccc(I)cc2)cc1. The average molecular weight is 402 g/mol. The Morgan fingerprint density at radius 3 is 2.32 bits per heavy atom. The summed E-state index contributed by atoms with van der Waals surface area (Å²) in [7, 11) is 1.66. The van der Waals surface area contributed by atoms with Gasteiger partial charge < -0.3 is 9.30 Å². The normalized spacial score (nSPS) is 11.5. The summed E-state index contributed by atoms with van der Waals surface area (Å²) in [6.07, 6.45) is 2.02. The molecule has 2 aromatic carbocycles. The van der Waals surface area contributed by atoms with E-state index in [0.29, 0.717) is 0 Å². The molecule has 0 radical (unpaired) electrons. The lowest BCUT2D eigenvalue weighted by atomic mass is 10.3. The zero-order chi connectivity index (χ0) is 15.4. The smallest absolute Gasteiger partial charge is 0.137 e. The molecule has 0 amide bonds. The highest BCUT2D eigenvalue weighted by molar-refractivity contribution is 14.1. The van der Waals surface area contributed by atoms with E-state index in [1.807, 2.05) is 48.7 Å². The predicted octanol–water partition coefficient (Wildman–Crippen LogP) is 4.32. The molecule has 0 fully saturated rings. The molecule has 4 heteroatoms. The first-order chi connectivity index (χ1) is 10.8. The molecule has 3 aromatic rings. The zero-order valence-corrected chi connectivity index (χ0v) is 14.3. The lowest BCUT2D eigenvalue weighted by Crippen LogP contribution is -2.17. The van der Waals surface area contributed by atoms with Crippen LogP contribution in [0, 0.1) is 3.57 Å². The van der Waals surface area contributed by atoms with Crippen LogP contribution in [0.3, 0.4) is 0 Å². The Labute approximate surface area is 143 Å². The number of aromatic nitrogens is 1. The minimum Gasteiger partial charge on any atom is -0.497 e. The summed E-state index contributed by atoms with van der Waals surface area (Å²) in [6, 6.07) is 22.1. The minimum absolute atomic E-state index is 0.831. The standard InChI is InChI=1S/C18H15IN2O/c1-22-17-11-7-15(8-12-17)20-18-4-2-3-13-21(18)16-9-5-14(19)6-10-16/h2-13H,1H3/b20-18+. The van der Waals surface area contributed by atoms with Crippen molar-refractivity contribution in [1.29, 1.82) is 0 Å². The molecule has 22 heavy (non-hydrogen) atoms. The number of hydrogen-bond acceptors (Lipinski definition) is 2. The van der Waals surface area contributed by atoms with Crippen LogP contribution < -0.4 is 10.2 Å². The van der Waals surface area contributed by atoms with Gasteiger partial charge in [0.2, 0.25) is 0 Å².